The molecule has 10 heteroatoms. The first-order valence-corrected chi connectivity index (χ1v) is 6.16. The lowest BCUT2D eigenvalue weighted by Gasteiger charge is -2.16. The van der Waals surface area contributed by atoms with E-state index in [0.717, 1.165) is 25.5 Å². The van der Waals surface area contributed by atoms with Gasteiger partial charge in [-0.2, -0.15) is 14.8 Å². The molecule has 3 N–H and O–H groups in total. The van der Waals surface area contributed by atoms with Gasteiger partial charge in [-0.25, -0.2) is 4.98 Å². The normalized spacial score (nSPS) is 15.7. The van der Waals surface area contributed by atoms with Gasteiger partial charge >= 0.3 is 6.30 Å². The number of hydrogen-bond donors (Lipinski definition) is 2. The minimum absolute atomic E-state index is 0.00848. The molecule has 3 heterocycles. The quantitative estimate of drug-likeness (QED) is 0.852. The van der Waals surface area contributed by atoms with E-state index in [0.29, 0.717) is 18.2 Å². The first kappa shape index (κ1) is 13.6. The minimum Gasteiger partial charge on any atom is -0.368 e. The second kappa shape index (κ2) is 4.88. The van der Waals surface area contributed by atoms with Crippen molar-refractivity contribution in [2.45, 2.75) is 6.30 Å². The van der Waals surface area contributed by atoms with Gasteiger partial charge in [-0.05, 0) is 0 Å². The third kappa shape index (κ3) is 2.75. The van der Waals surface area contributed by atoms with Crippen molar-refractivity contribution in [3.63, 3.8) is 0 Å². The standard InChI is InChI=1S/C11H12F3N7/c12-11(13,14)21-5-7(4-17-21)8-3-9(19-10(15)18-8)20-2-1-16-6-20/h3-5,16H,1-2,6H2,(H2,15,18,19). The lowest BCUT2D eigenvalue weighted by Crippen LogP contribution is -2.22. The molecule has 21 heavy (non-hydrogen) atoms. The van der Waals surface area contributed by atoms with E-state index in [-0.39, 0.29) is 16.2 Å². The number of halogens is 3. The molecule has 0 aliphatic carbocycles. The molecule has 112 valence electrons. The second-order valence-corrected chi connectivity index (χ2v) is 4.53. The molecule has 0 aromatic carbocycles. The van der Waals surface area contributed by atoms with Gasteiger partial charge in [-0.1, -0.05) is 0 Å². The van der Waals surface area contributed by atoms with Crippen LogP contribution in [0.1, 0.15) is 0 Å². The molecule has 0 bridgehead atoms. The molecule has 0 amide bonds. The number of nitrogens with two attached hydrogens (primary N) is 1. The van der Waals surface area contributed by atoms with E-state index in [4.69, 9.17) is 5.73 Å². The number of hydrogen-bond acceptors (Lipinski definition) is 6. The Balaban J connectivity index is 1.96. The predicted molar refractivity (Wildman–Crippen MR) is 69.2 cm³/mol. The highest BCUT2D eigenvalue weighted by atomic mass is 19.4. The summed E-state index contributed by atoms with van der Waals surface area (Å²) >= 11 is 0. The van der Waals surface area contributed by atoms with Gasteiger partial charge in [0.2, 0.25) is 5.95 Å². The zero-order valence-electron chi connectivity index (χ0n) is 10.8. The highest BCUT2D eigenvalue weighted by molar-refractivity contribution is 5.63. The van der Waals surface area contributed by atoms with Crippen molar-refractivity contribution in [1.29, 1.82) is 0 Å². The summed E-state index contributed by atoms with van der Waals surface area (Å²) in [4.78, 5) is 10.00. The van der Waals surface area contributed by atoms with E-state index in [1.165, 1.54) is 0 Å². The fraction of sp³-hybridized carbons (Fsp3) is 0.364. The fourth-order valence-corrected chi connectivity index (χ4v) is 2.06. The van der Waals surface area contributed by atoms with Gasteiger partial charge in [0.25, 0.3) is 0 Å². The smallest absolute Gasteiger partial charge is 0.368 e. The Bertz CT molecular complexity index is 646. The SMILES string of the molecule is Nc1nc(-c2cnn(C(F)(F)F)c2)cc(N2CCNC2)n1. The number of aromatic nitrogens is 4. The molecule has 3 rings (SSSR count). The van der Waals surface area contributed by atoms with Crippen molar-refractivity contribution in [1.82, 2.24) is 25.1 Å². The van der Waals surface area contributed by atoms with Gasteiger partial charge in [0.1, 0.15) is 5.82 Å². The van der Waals surface area contributed by atoms with E-state index in [1.807, 2.05) is 4.90 Å². The van der Waals surface area contributed by atoms with E-state index >= 15 is 0 Å². The van der Waals surface area contributed by atoms with Crippen molar-refractivity contribution < 1.29 is 13.2 Å². The summed E-state index contributed by atoms with van der Waals surface area (Å²) in [5, 5.41) is 6.42. The number of alkyl halides is 3. The Morgan fingerprint density at radius 3 is 2.71 bits per heavy atom. The molecule has 1 fully saturated rings. The van der Waals surface area contributed by atoms with Crippen LogP contribution in [0.4, 0.5) is 24.9 Å². The first-order chi connectivity index (χ1) is 9.93. The molecule has 1 aliphatic rings. The van der Waals surface area contributed by atoms with E-state index in [2.05, 4.69) is 20.4 Å². The predicted octanol–water partition coefficient (Wildman–Crippen LogP) is 0.766. The largest absolute Gasteiger partial charge is 0.504 e. The number of rotatable bonds is 2. The molecule has 2 aromatic heterocycles. The highest BCUT2D eigenvalue weighted by Gasteiger charge is 2.31. The third-order valence-electron chi connectivity index (χ3n) is 3.05. The molecule has 1 aliphatic heterocycles. The van der Waals surface area contributed by atoms with Crippen LogP contribution in [0.15, 0.2) is 18.5 Å². The van der Waals surface area contributed by atoms with Crippen LogP contribution in [0.25, 0.3) is 11.3 Å². The summed E-state index contributed by atoms with van der Waals surface area (Å²) in [6.07, 6.45) is -2.59. The van der Waals surface area contributed by atoms with Crippen molar-refractivity contribution >= 4 is 11.8 Å². The maximum Gasteiger partial charge on any atom is 0.504 e. The van der Waals surface area contributed by atoms with Crippen molar-refractivity contribution in [2.75, 3.05) is 30.4 Å². The summed E-state index contributed by atoms with van der Waals surface area (Å²) in [5.74, 6) is 0.580. The first-order valence-electron chi connectivity index (χ1n) is 6.16. The number of nitrogens with one attached hydrogen (secondary N) is 1. The van der Waals surface area contributed by atoms with Crippen LogP contribution in [0.3, 0.4) is 0 Å². The summed E-state index contributed by atoms with van der Waals surface area (Å²) in [5.41, 5.74) is 6.18. The van der Waals surface area contributed by atoms with Gasteiger partial charge < -0.3 is 10.6 Å². The molecule has 0 atom stereocenters. The summed E-state index contributed by atoms with van der Waals surface area (Å²) in [6, 6.07) is 1.60. The van der Waals surface area contributed by atoms with Crippen LogP contribution in [0, 0.1) is 0 Å². The molecular weight excluding hydrogens is 287 g/mol. The van der Waals surface area contributed by atoms with Crippen molar-refractivity contribution in [3.05, 3.63) is 18.5 Å². The maximum absolute atomic E-state index is 12.5. The Morgan fingerprint density at radius 2 is 2.10 bits per heavy atom. The van der Waals surface area contributed by atoms with E-state index in [1.54, 1.807) is 6.07 Å². The average Bonchev–Trinajstić information content (AvgIpc) is 3.09. The number of anilines is 2. The van der Waals surface area contributed by atoms with Crippen LogP contribution in [0.2, 0.25) is 0 Å². The van der Waals surface area contributed by atoms with Crippen LogP contribution < -0.4 is 16.0 Å². The van der Waals surface area contributed by atoms with Gasteiger partial charge in [0, 0.05) is 30.9 Å². The molecule has 0 spiro atoms. The van der Waals surface area contributed by atoms with Crippen LogP contribution in [-0.4, -0.2) is 39.5 Å². The van der Waals surface area contributed by atoms with Gasteiger partial charge in [0.05, 0.1) is 18.6 Å². The molecular formula is C11H12F3N7. The molecule has 7 nitrogen and oxygen atoms in total. The zero-order chi connectivity index (χ0) is 15.0. The summed E-state index contributed by atoms with van der Waals surface area (Å²) in [7, 11) is 0. The third-order valence-corrected chi connectivity index (χ3v) is 3.05. The minimum atomic E-state index is -4.56. The lowest BCUT2D eigenvalue weighted by atomic mass is 10.2. The van der Waals surface area contributed by atoms with E-state index in [9.17, 15) is 13.2 Å². The van der Waals surface area contributed by atoms with Crippen molar-refractivity contribution in [2.24, 2.45) is 0 Å². The molecule has 2 aromatic rings. The second-order valence-electron chi connectivity index (χ2n) is 4.53. The monoisotopic (exact) mass is 299 g/mol. The maximum atomic E-state index is 12.5. The Labute approximate surface area is 117 Å². The Morgan fingerprint density at radius 1 is 1.29 bits per heavy atom. The van der Waals surface area contributed by atoms with Gasteiger partial charge in [-0.3, -0.25) is 5.32 Å². The molecule has 1 saturated heterocycles. The van der Waals surface area contributed by atoms with Crippen LogP contribution >= 0.6 is 0 Å². The number of nitrogen functional groups attached to an aromatic ring is 1. The lowest BCUT2D eigenvalue weighted by molar-refractivity contribution is -0.212. The zero-order valence-corrected chi connectivity index (χ0v) is 10.8. The molecule has 0 unspecified atom stereocenters. The average molecular weight is 299 g/mol. The topological polar surface area (TPSA) is 84.9 Å². The van der Waals surface area contributed by atoms with Gasteiger partial charge in [0.15, 0.2) is 0 Å². The summed E-state index contributed by atoms with van der Waals surface area (Å²) < 4.78 is 37.6. The number of nitrogens with zero attached hydrogens (tertiary/aromatic N) is 5. The summed E-state index contributed by atoms with van der Waals surface area (Å²) in [6.45, 7) is 2.17. The van der Waals surface area contributed by atoms with E-state index < -0.39 is 6.30 Å². The highest BCUT2D eigenvalue weighted by Crippen LogP contribution is 2.26. The fourth-order valence-electron chi connectivity index (χ4n) is 2.06. The molecule has 0 radical (unpaired) electrons. The van der Waals surface area contributed by atoms with Gasteiger partial charge in [-0.15, -0.1) is 13.2 Å². The van der Waals surface area contributed by atoms with Crippen LogP contribution in [0.5, 0.6) is 0 Å². The van der Waals surface area contributed by atoms with Crippen LogP contribution in [-0.2, 0) is 6.30 Å². The Hall–Kier alpha value is -2.36. The Kier molecular flexibility index (Phi) is 3.16. The van der Waals surface area contributed by atoms with Crippen molar-refractivity contribution in [3.8, 4) is 11.3 Å². The molecule has 0 saturated carbocycles.